The van der Waals surface area contributed by atoms with Crippen LogP contribution in [0.4, 0.5) is 0 Å². The van der Waals surface area contributed by atoms with Crippen LogP contribution in [0, 0.1) is 18.3 Å². The molecule has 1 aromatic heterocycles. The molecule has 0 spiro atoms. The first-order valence-corrected chi connectivity index (χ1v) is 6.27. The van der Waals surface area contributed by atoms with Crippen molar-refractivity contribution >= 4 is 0 Å². The summed E-state index contributed by atoms with van der Waals surface area (Å²) in [6.45, 7) is 8.35. The monoisotopic (exact) mass is 251 g/mol. The molecule has 1 heterocycles. The van der Waals surface area contributed by atoms with E-state index in [1.807, 2.05) is 12.1 Å². The van der Waals surface area contributed by atoms with Crippen molar-refractivity contribution in [1.82, 2.24) is 9.97 Å². The number of benzene rings is 1. The lowest BCUT2D eigenvalue weighted by atomic mass is 9.86. The third-order valence-electron chi connectivity index (χ3n) is 3.00. The first-order valence-electron chi connectivity index (χ1n) is 6.27. The highest BCUT2D eigenvalue weighted by Crippen LogP contribution is 2.25. The summed E-state index contributed by atoms with van der Waals surface area (Å²) in [6, 6.07) is 12.1. The van der Waals surface area contributed by atoms with E-state index in [0.29, 0.717) is 11.5 Å². The van der Waals surface area contributed by atoms with Gasteiger partial charge in [-0.2, -0.15) is 5.26 Å². The lowest BCUT2D eigenvalue weighted by Crippen LogP contribution is -2.10. The number of rotatable bonds is 1. The molecule has 3 heteroatoms. The van der Waals surface area contributed by atoms with Gasteiger partial charge in [0.1, 0.15) is 17.6 Å². The zero-order valence-electron chi connectivity index (χ0n) is 11.7. The maximum absolute atomic E-state index is 8.94. The molecule has 0 aliphatic heterocycles. The summed E-state index contributed by atoms with van der Waals surface area (Å²) in [5.41, 5.74) is 3.63. The molecule has 0 saturated carbocycles. The first kappa shape index (κ1) is 13.2. The maximum Gasteiger partial charge on any atom is 0.144 e. The second-order valence-electron chi connectivity index (χ2n) is 5.62. The molecule has 3 nitrogen and oxygen atoms in total. The van der Waals surface area contributed by atoms with Crippen molar-refractivity contribution in [2.45, 2.75) is 33.1 Å². The number of hydrogen-bond donors (Lipinski definition) is 0. The highest BCUT2D eigenvalue weighted by atomic mass is 14.9. The fraction of sp³-hybridized carbons (Fsp3) is 0.312. The minimum Gasteiger partial charge on any atom is -0.233 e. The van der Waals surface area contributed by atoms with Crippen molar-refractivity contribution in [1.29, 1.82) is 5.26 Å². The molecule has 0 N–H and O–H groups in total. The smallest absolute Gasteiger partial charge is 0.144 e. The Balaban J connectivity index is 2.43. The molecule has 0 fully saturated rings. The van der Waals surface area contributed by atoms with Crippen LogP contribution in [0.5, 0.6) is 0 Å². The molecule has 0 saturated heterocycles. The van der Waals surface area contributed by atoms with Crippen LogP contribution < -0.4 is 0 Å². The van der Waals surface area contributed by atoms with Gasteiger partial charge in [0.15, 0.2) is 0 Å². The molecule has 0 atom stereocenters. The van der Waals surface area contributed by atoms with Gasteiger partial charge in [0.05, 0.1) is 5.69 Å². The third-order valence-corrected chi connectivity index (χ3v) is 3.00. The lowest BCUT2D eigenvalue weighted by molar-refractivity contribution is 0.590. The van der Waals surface area contributed by atoms with Gasteiger partial charge in [-0.25, -0.2) is 9.97 Å². The van der Waals surface area contributed by atoms with Crippen molar-refractivity contribution in [2.24, 2.45) is 0 Å². The minimum atomic E-state index is 0.137. The van der Waals surface area contributed by atoms with Gasteiger partial charge in [-0.3, -0.25) is 0 Å². The number of nitriles is 1. The zero-order valence-corrected chi connectivity index (χ0v) is 11.7. The molecule has 2 aromatic rings. The second kappa shape index (κ2) is 4.81. The molecule has 0 unspecified atom stereocenters. The summed E-state index contributed by atoms with van der Waals surface area (Å²) < 4.78 is 0. The molecule has 1 aromatic carbocycles. The maximum atomic E-state index is 8.94. The van der Waals surface area contributed by atoms with Gasteiger partial charge in [-0.1, -0.05) is 45.0 Å². The van der Waals surface area contributed by atoms with Crippen molar-refractivity contribution in [3.05, 3.63) is 47.4 Å². The van der Waals surface area contributed by atoms with Crippen LogP contribution in [-0.2, 0) is 5.41 Å². The largest absolute Gasteiger partial charge is 0.233 e. The third kappa shape index (κ3) is 2.97. The Bertz CT molecular complexity index is 629. The summed E-state index contributed by atoms with van der Waals surface area (Å²) in [5, 5.41) is 8.94. The Kier molecular flexibility index (Phi) is 3.35. The van der Waals surface area contributed by atoms with Crippen LogP contribution in [0.25, 0.3) is 11.3 Å². The average molecular weight is 251 g/mol. The Morgan fingerprint density at radius 3 is 2.21 bits per heavy atom. The van der Waals surface area contributed by atoms with E-state index in [0.717, 1.165) is 11.3 Å². The fourth-order valence-electron chi connectivity index (χ4n) is 1.91. The number of aryl methyl sites for hydroxylation is 1. The first-order chi connectivity index (χ1) is 8.90. The highest BCUT2D eigenvalue weighted by molar-refractivity contribution is 5.60. The van der Waals surface area contributed by atoms with Gasteiger partial charge in [0.2, 0.25) is 0 Å². The molecule has 19 heavy (non-hydrogen) atoms. The van der Waals surface area contributed by atoms with Crippen LogP contribution in [0.2, 0.25) is 0 Å². The van der Waals surface area contributed by atoms with E-state index in [1.165, 1.54) is 5.56 Å². The summed E-state index contributed by atoms with van der Waals surface area (Å²) in [6.07, 6.45) is 0. The quantitative estimate of drug-likeness (QED) is 0.777. The van der Waals surface area contributed by atoms with E-state index in [2.05, 4.69) is 48.9 Å². The number of aromatic nitrogens is 2. The molecule has 0 radical (unpaired) electrons. The summed E-state index contributed by atoms with van der Waals surface area (Å²) in [4.78, 5) is 8.44. The topological polar surface area (TPSA) is 49.6 Å². The van der Waals surface area contributed by atoms with E-state index >= 15 is 0 Å². The van der Waals surface area contributed by atoms with Gasteiger partial charge in [0.25, 0.3) is 0 Å². The minimum absolute atomic E-state index is 0.137. The standard InChI is InChI=1S/C16H17N3/c1-11-18-14(10-17)9-15(19-11)12-5-7-13(8-6-12)16(2,3)4/h5-9H,1-4H3. The molecule has 0 aliphatic carbocycles. The second-order valence-corrected chi connectivity index (χ2v) is 5.62. The molecular weight excluding hydrogens is 234 g/mol. The SMILES string of the molecule is Cc1nc(C#N)cc(-c2ccc(C(C)(C)C)cc2)n1. The molecule has 2 rings (SSSR count). The van der Waals surface area contributed by atoms with Crippen LogP contribution in [-0.4, -0.2) is 9.97 Å². The van der Waals surface area contributed by atoms with Crippen LogP contribution in [0.1, 0.15) is 37.9 Å². The van der Waals surface area contributed by atoms with Gasteiger partial charge in [-0.05, 0) is 17.9 Å². The molecule has 0 aliphatic rings. The van der Waals surface area contributed by atoms with E-state index in [4.69, 9.17) is 5.26 Å². The predicted octanol–water partition coefficient (Wildman–Crippen LogP) is 3.62. The number of nitrogens with zero attached hydrogens (tertiary/aromatic N) is 3. The zero-order chi connectivity index (χ0) is 14.0. The Morgan fingerprint density at radius 1 is 1.05 bits per heavy atom. The van der Waals surface area contributed by atoms with E-state index in [9.17, 15) is 0 Å². The van der Waals surface area contributed by atoms with Crippen LogP contribution in [0.3, 0.4) is 0 Å². The van der Waals surface area contributed by atoms with E-state index < -0.39 is 0 Å². The van der Waals surface area contributed by atoms with Gasteiger partial charge in [-0.15, -0.1) is 0 Å². The molecule has 0 amide bonds. The average Bonchev–Trinajstić information content (AvgIpc) is 2.37. The van der Waals surface area contributed by atoms with E-state index in [1.54, 1.807) is 13.0 Å². The summed E-state index contributed by atoms with van der Waals surface area (Å²) in [5.74, 6) is 0.619. The van der Waals surface area contributed by atoms with Crippen molar-refractivity contribution < 1.29 is 0 Å². The van der Waals surface area contributed by atoms with Crippen molar-refractivity contribution in [3.8, 4) is 17.3 Å². The highest BCUT2D eigenvalue weighted by Gasteiger charge is 2.13. The van der Waals surface area contributed by atoms with Gasteiger partial charge >= 0.3 is 0 Å². The lowest BCUT2D eigenvalue weighted by Gasteiger charge is -2.19. The molecule has 96 valence electrons. The van der Waals surface area contributed by atoms with E-state index in [-0.39, 0.29) is 5.41 Å². The van der Waals surface area contributed by atoms with Gasteiger partial charge < -0.3 is 0 Å². The molecule has 0 bridgehead atoms. The Hall–Kier alpha value is -2.21. The van der Waals surface area contributed by atoms with Crippen LogP contribution >= 0.6 is 0 Å². The number of hydrogen-bond acceptors (Lipinski definition) is 3. The van der Waals surface area contributed by atoms with Crippen molar-refractivity contribution in [2.75, 3.05) is 0 Å². The predicted molar refractivity (Wildman–Crippen MR) is 75.6 cm³/mol. The fourth-order valence-corrected chi connectivity index (χ4v) is 1.91. The summed E-state index contributed by atoms with van der Waals surface area (Å²) >= 11 is 0. The Morgan fingerprint density at radius 2 is 1.68 bits per heavy atom. The normalized spacial score (nSPS) is 11.1. The van der Waals surface area contributed by atoms with Gasteiger partial charge in [0, 0.05) is 11.6 Å². The molecular formula is C16H17N3. The van der Waals surface area contributed by atoms with Crippen molar-refractivity contribution in [3.63, 3.8) is 0 Å². The Labute approximate surface area is 114 Å². The summed E-state index contributed by atoms with van der Waals surface area (Å²) in [7, 11) is 0. The van der Waals surface area contributed by atoms with Crippen LogP contribution in [0.15, 0.2) is 30.3 Å².